The molecule has 0 atom stereocenters. The van der Waals surface area contributed by atoms with Gasteiger partial charge in [0.15, 0.2) is 0 Å². The highest BCUT2D eigenvalue weighted by Crippen LogP contribution is 2.26. The van der Waals surface area contributed by atoms with Crippen molar-refractivity contribution < 1.29 is 4.92 Å². The molecule has 0 unspecified atom stereocenters. The van der Waals surface area contributed by atoms with Crippen LogP contribution >= 0.6 is 0 Å². The molecule has 0 aliphatic heterocycles. The van der Waals surface area contributed by atoms with Crippen molar-refractivity contribution in [1.82, 2.24) is 0 Å². The monoisotopic (exact) mass is 343 g/mol. The van der Waals surface area contributed by atoms with Crippen molar-refractivity contribution in [3.63, 3.8) is 0 Å². The second-order valence-electron chi connectivity index (χ2n) is 5.46. The van der Waals surface area contributed by atoms with Gasteiger partial charge in [0.2, 0.25) is 0 Å². The lowest BCUT2D eigenvalue weighted by Gasteiger charge is -2.11. The van der Waals surface area contributed by atoms with Crippen LogP contribution in [0.3, 0.4) is 0 Å². The third kappa shape index (κ3) is 4.42. The fraction of sp³-hybridized carbons (Fsp3) is 0. The summed E-state index contributed by atoms with van der Waals surface area (Å²) in [6.07, 6.45) is 3.37. The number of allylic oxidation sites excluding steroid dienone is 1. The van der Waals surface area contributed by atoms with Crippen LogP contribution in [0.5, 0.6) is 0 Å². The maximum Gasteiger partial charge on any atom is 0.278 e. The number of benzene rings is 3. The molecule has 0 heterocycles. The minimum atomic E-state index is -0.385. The minimum Gasteiger partial charge on any atom is -0.355 e. The Morgan fingerprint density at radius 1 is 0.885 bits per heavy atom. The van der Waals surface area contributed by atoms with E-state index in [2.05, 4.69) is 10.3 Å². The van der Waals surface area contributed by atoms with Gasteiger partial charge in [-0.05, 0) is 36.4 Å². The van der Waals surface area contributed by atoms with Crippen LogP contribution in [0.2, 0.25) is 0 Å². The largest absolute Gasteiger partial charge is 0.355 e. The third-order valence-corrected chi connectivity index (χ3v) is 3.66. The SMILES string of the molecule is O=[N+]([O-])c1ccccc1/C(=C\C=Nc1ccccc1)Nc1ccccc1. The van der Waals surface area contributed by atoms with Crippen molar-refractivity contribution in [2.45, 2.75) is 0 Å². The molecule has 0 saturated carbocycles. The summed E-state index contributed by atoms with van der Waals surface area (Å²) in [6.45, 7) is 0. The lowest BCUT2D eigenvalue weighted by Crippen LogP contribution is -2.03. The lowest BCUT2D eigenvalue weighted by molar-refractivity contribution is -0.385. The summed E-state index contributed by atoms with van der Waals surface area (Å²) < 4.78 is 0. The normalized spacial score (nSPS) is 11.5. The van der Waals surface area contributed by atoms with Gasteiger partial charge in [-0.2, -0.15) is 0 Å². The topological polar surface area (TPSA) is 67.5 Å². The maximum absolute atomic E-state index is 11.4. The van der Waals surface area contributed by atoms with Gasteiger partial charge in [0.25, 0.3) is 5.69 Å². The molecule has 0 aliphatic rings. The minimum absolute atomic E-state index is 0.0373. The predicted molar refractivity (Wildman–Crippen MR) is 106 cm³/mol. The molecular weight excluding hydrogens is 326 g/mol. The molecule has 1 N–H and O–H groups in total. The van der Waals surface area contributed by atoms with Crippen LogP contribution in [0.4, 0.5) is 17.1 Å². The molecule has 0 amide bonds. The summed E-state index contributed by atoms with van der Waals surface area (Å²) in [4.78, 5) is 15.4. The zero-order chi connectivity index (χ0) is 18.2. The van der Waals surface area contributed by atoms with Crippen molar-refractivity contribution in [3.05, 3.63) is 107 Å². The van der Waals surface area contributed by atoms with E-state index in [1.807, 2.05) is 60.7 Å². The van der Waals surface area contributed by atoms with Gasteiger partial charge in [0, 0.05) is 18.0 Å². The Hall–Kier alpha value is -3.73. The van der Waals surface area contributed by atoms with Crippen LogP contribution in [0.15, 0.2) is 96.0 Å². The molecule has 3 aromatic carbocycles. The Labute approximate surface area is 151 Å². The van der Waals surface area contributed by atoms with E-state index in [4.69, 9.17) is 0 Å². The number of anilines is 1. The molecule has 5 nitrogen and oxygen atoms in total. The van der Waals surface area contributed by atoms with Gasteiger partial charge < -0.3 is 5.32 Å². The van der Waals surface area contributed by atoms with Gasteiger partial charge in [-0.15, -0.1) is 0 Å². The van der Waals surface area contributed by atoms with Crippen molar-refractivity contribution in [3.8, 4) is 0 Å². The van der Waals surface area contributed by atoms with Crippen molar-refractivity contribution >= 4 is 29.0 Å². The second-order valence-corrected chi connectivity index (χ2v) is 5.46. The van der Waals surface area contributed by atoms with Gasteiger partial charge in [-0.25, -0.2) is 0 Å². The zero-order valence-corrected chi connectivity index (χ0v) is 13.9. The van der Waals surface area contributed by atoms with E-state index in [9.17, 15) is 10.1 Å². The van der Waals surface area contributed by atoms with E-state index >= 15 is 0 Å². The first-order valence-corrected chi connectivity index (χ1v) is 8.09. The van der Waals surface area contributed by atoms with E-state index < -0.39 is 0 Å². The van der Waals surface area contributed by atoms with E-state index in [0.29, 0.717) is 11.3 Å². The van der Waals surface area contributed by atoms with Crippen molar-refractivity contribution in [2.75, 3.05) is 5.32 Å². The number of hydrogen-bond donors (Lipinski definition) is 1. The number of aliphatic imine (C=N–C) groups is 1. The summed E-state index contributed by atoms with van der Waals surface area (Å²) >= 11 is 0. The average Bonchev–Trinajstić information content (AvgIpc) is 2.69. The van der Waals surface area contributed by atoms with Gasteiger partial charge in [-0.3, -0.25) is 15.1 Å². The third-order valence-electron chi connectivity index (χ3n) is 3.66. The molecule has 5 heteroatoms. The molecule has 26 heavy (non-hydrogen) atoms. The molecular formula is C21H17N3O2. The first kappa shape index (κ1) is 17.1. The molecule has 0 bridgehead atoms. The molecule has 128 valence electrons. The summed E-state index contributed by atoms with van der Waals surface area (Å²) in [7, 11) is 0. The first-order valence-electron chi connectivity index (χ1n) is 8.09. The van der Waals surface area contributed by atoms with Crippen LogP contribution in [0.1, 0.15) is 5.56 Å². The van der Waals surface area contributed by atoms with Crippen molar-refractivity contribution in [1.29, 1.82) is 0 Å². The Bertz CT molecular complexity index is 936. The molecule has 3 aromatic rings. The van der Waals surface area contributed by atoms with Crippen LogP contribution < -0.4 is 5.32 Å². The molecule has 0 spiro atoms. The highest BCUT2D eigenvalue weighted by atomic mass is 16.6. The Kier molecular flexibility index (Phi) is 5.52. The summed E-state index contributed by atoms with van der Waals surface area (Å²) in [5.41, 5.74) is 2.79. The smallest absolute Gasteiger partial charge is 0.278 e. The van der Waals surface area contributed by atoms with Crippen molar-refractivity contribution in [2.24, 2.45) is 4.99 Å². The standard InChI is InChI=1S/C21H17N3O2/c25-24(26)21-14-8-7-13-19(21)20(23-18-11-5-2-6-12-18)15-16-22-17-9-3-1-4-10-17/h1-16,23H/b20-15+,22-16?. The van der Waals surface area contributed by atoms with Crippen LogP contribution in [-0.4, -0.2) is 11.1 Å². The van der Waals surface area contributed by atoms with Gasteiger partial charge >= 0.3 is 0 Å². The molecule has 0 aromatic heterocycles. The van der Waals surface area contributed by atoms with Crippen LogP contribution in [-0.2, 0) is 0 Å². The van der Waals surface area contributed by atoms with E-state index in [1.165, 1.54) is 6.07 Å². The van der Waals surface area contributed by atoms with Gasteiger partial charge in [-0.1, -0.05) is 48.5 Å². The number of nitrogens with zero attached hydrogens (tertiary/aromatic N) is 2. The fourth-order valence-electron chi connectivity index (χ4n) is 2.45. The molecule has 3 rings (SSSR count). The second kappa shape index (κ2) is 8.39. The quantitative estimate of drug-likeness (QED) is 0.367. The van der Waals surface area contributed by atoms with Crippen LogP contribution in [0, 0.1) is 10.1 Å². The van der Waals surface area contributed by atoms with Gasteiger partial charge in [0.05, 0.1) is 21.9 Å². The first-order chi connectivity index (χ1) is 12.7. The summed E-state index contributed by atoms with van der Waals surface area (Å²) in [5.74, 6) is 0. The lowest BCUT2D eigenvalue weighted by atomic mass is 10.1. The fourth-order valence-corrected chi connectivity index (χ4v) is 2.45. The molecule has 0 aliphatic carbocycles. The number of para-hydroxylation sites is 3. The van der Waals surface area contributed by atoms with Crippen LogP contribution in [0.25, 0.3) is 5.70 Å². The van der Waals surface area contributed by atoms with Gasteiger partial charge in [0.1, 0.15) is 0 Å². The number of rotatable bonds is 6. The highest BCUT2D eigenvalue weighted by Gasteiger charge is 2.16. The highest BCUT2D eigenvalue weighted by molar-refractivity contribution is 5.92. The number of nitrogens with one attached hydrogen (secondary N) is 1. The zero-order valence-electron chi connectivity index (χ0n) is 13.9. The maximum atomic E-state index is 11.4. The number of hydrogen-bond acceptors (Lipinski definition) is 4. The molecule has 0 fully saturated rings. The number of nitro benzene ring substituents is 1. The molecule has 0 radical (unpaired) electrons. The van der Waals surface area contributed by atoms with E-state index in [-0.39, 0.29) is 10.6 Å². The number of nitro groups is 1. The van der Waals surface area contributed by atoms with E-state index in [1.54, 1.807) is 30.5 Å². The average molecular weight is 343 g/mol. The Balaban J connectivity index is 1.98. The Morgan fingerprint density at radius 2 is 1.50 bits per heavy atom. The predicted octanol–water partition coefficient (Wildman–Crippen LogP) is 5.45. The molecule has 0 saturated heterocycles. The van der Waals surface area contributed by atoms with E-state index in [0.717, 1.165) is 11.4 Å². The Morgan fingerprint density at radius 3 is 2.19 bits per heavy atom. The summed E-state index contributed by atoms with van der Waals surface area (Å²) in [5, 5.41) is 14.6. The summed E-state index contributed by atoms with van der Waals surface area (Å²) in [6, 6.07) is 25.7.